The summed E-state index contributed by atoms with van der Waals surface area (Å²) in [5, 5.41) is 31.5. The molecule has 34 heavy (non-hydrogen) atoms. The van der Waals surface area contributed by atoms with E-state index in [1.54, 1.807) is 15.4 Å². The lowest BCUT2D eigenvalue weighted by atomic mass is 10.0. The highest BCUT2D eigenvalue weighted by molar-refractivity contribution is 5.87. The molecule has 0 aromatic carbocycles. The third-order valence-corrected chi connectivity index (χ3v) is 6.20. The molecule has 1 aliphatic rings. The molecule has 5 heterocycles. The maximum atomic E-state index is 10.2. The van der Waals surface area contributed by atoms with E-state index in [0.717, 1.165) is 66.3 Å². The number of nitrogens with one attached hydrogen (secondary N) is 1. The number of hydrogen-bond donors (Lipinski definition) is 2. The smallest absolute Gasteiger partial charge is 0.163 e. The van der Waals surface area contributed by atoms with Gasteiger partial charge in [0.25, 0.3) is 0 Å². The summed E-state index contributed by atoms with van der Waals surface area (Å²) < 4.78 is 3.51. The van der Waals surface area contributed by atoms with E-state index < -0.39 is 6.35 Å². The molecule has 10 heteroatoms. The average molecular weight is 458 g/mol. The van der Waals surface area contributed by atoms with Crippen LogP contribution in [-0.2, 0) is 7.05 Å². The zero-order chi connectivity index (χ0) is 23.7. The Morgan fingerprint density at radius 2 is 1.88 bits per heavy atom. The van der Waals surface area contributed by atoms with Gasteiger partial charge in [-0.2, -0.15) is 15.5 Å². The van der Waals surface area contributed by atoms with Crippen LogP contribution in [0.15, 0.2) is 49.2 Å². The normalized spacial score (nSPS) is 15.5. The van der Waals surface area contributed by atoms with Crippen molar-refractivity contribution in [3.05, 3.63) is 54.7 Å². The van der Waals surface area contributed by atoms with Crippen molar-refractivity contribution in [3.8, 4) is 28.3 Å². The highest BCUT2D eigenvalue weighted by Gasteiger charge is 2.22. The first-order valence-corrected chi connectivity index (χ1v) is 11.3. The largest absolute Gasteiger partial charge is 0.365 e. The Labute approximate surface area is 197 Å². The summed E-state index contributed by atoms with van der Waals surface area (Å²) in [5.74, 6) is 0.898. The summed E-state index contributed by atoms with van der Waals surface area (Å²) in [4.78, 5) is 8.99. The van der Waals surface area contributed by atoms with Crippen LogP contribution < -0.4 is 10.2 Å². The molecule has 2 N–H and O–H groups in total. The van der Waals surface area contributed by atoms with Gasteiger partial charge in [-0.1, -0.05) is 6.92 Å². The van der Waals surface area contributed by atoms with Crippen LogP contribution in [0.4, 0.5) is 5.82 Å². The van der Waals surface area contributed by atoms with Crippen LogP contribution in [0.25, 0.3) is 27.8 Å². The Kier molecular flexibility index (Phi) is 5.98. The van der Waals surface area contributed by atoms with E-state index in [1.165, 1.54) is 0 Å². The van der Waals surface area contributed by atoms with Crippen molar-refractivity contribution in [3.63, 3.8) is 0 Å². The standard InChI is InChI=1S/C24H27N9O/c1-3-26-24(34)32-8-6-31(7-9-32)22-5-4-17(12-27-22)21-10-18(20-14-28-30(2)15-20)16-33-23(21)19(11-25)13-29-33/h4-5,10,12-16,24,26,34H,3,6-9H2,1-2H3. The van der Waals surface area contributed by atoms with Crippen molar-refractivity contribution in [2.45, 2.75) is 13.3 Å². The Morgan fingerprint density at radius 3 is 2.53 bits per heavy atom. The molecule has 1 unspecified atom stereocenters. The number of piperazine rings is 1. The molecule has 10 nitrogen and oxygen atoms in total. The summed E-state index contributed by atoms with van der Waals surface area (Å²) in [6.07, 6.45) is 8.52. The van der Waals surface area contributed by atoms with Crippen molar-refractivity contribution in [2.24, 2.45) is 7.05 Å². The van der Waals surface area contributed by atoms with Crippen molar-refractivity contribution in [2.75, 3.05) is 37.6 Å². The molecule has 0 saturated carbocycles. The molecule has 5 rings (SSSR count). The van der Waals surface area contributed by atoms with Crippen LogP contribution in [0.1, 0.15) is 12.5 Å². The Morgan fingerprint density at radius 1 is 1.06 bits per heavy atom. The Hall–Kier alpha value is -3.78. The van der Waals surface area contributed by atoms with Gasteiger partial charge in [0.05, 0.1) is 23.5 Å². The molecule has 1 aliphatic heterocycles. The number of nitriles is 1. The van der Waals surface area contributed by atoms with E-state index in [0.29, 0.717) is 5.56 Å². The number of hydrogen-bond acceptors (Lipinski definition) is 8. The molecule has 4 aromatic rings. The van der Waals surface area contributed by atoms with Crippen LogP contribution in [0.2, 0.25) is 0 Å². The highest BCUT2D eigenvalue weighted by atomic mass is 16.3. The van der Waals surface area contributed by atoms with E-state index in [1.807, 2.05) is 55.8 Å². The van der Waals surface area contributed by atoms with Crippen molar-refractivity contribution < 1.29 is 5.11 Å². The molecule has 0 bridgehead atoms. The summed E-state index contributed by atoms with van der Waals surface area (Å²) in [6.45, 7) is 5.80. The number of aromatic nitrogens is 5. The molecular formula is C24H27N9O. The molecule has 0 spiro atoms. The van der Waals surface area contributed by atoms with Gasteiger partial charge in [-0.15, -0.1) is 0 Å². The fraction of sp³-hybridized carbons (Fsp3) is 0.333. The lowest BCUT2D eigenvalue weighted by Crippen LogP contribution is -2.55. The minimum atomic E-state index is -0.609. The van der Waals surface area contributed by atoms with Gasteiger partial charge in [0.15, 0.2) is 6.35 Å². The zero-order valence-electron chi connectivity index (χ0n) is 19.3. The maximum Gasteiger partial charge on any atom is 0.163 e. The SMILES string of the molecule is CCNC(O)N1CCN(c2ccc(-c3cc(-c4cnn(C)c4)cn4ncc(C#N)c34)cn2)CC1. The number of fused-ring (bicyclic) bond motifs is 1. The monoisotopic (exact) mass is 457 g/mol. The first-order chi connectivity index (χ1) is 16.6. The minimum absolute atomic E-state index is 0.521. The number of aryl methyl sites for hydroxylation is 1. The van der Waals surface area contributed by atoms with E-state index in [9.17, 15) is 10.4 Å². The Balaban J connectivity index is 1.44. The molecule has 1 atom stereocenters. The molecule has 0 amide bonds. The predicted molar refractivity (Wildman–Crippen MR) is 129 cm³/mol. The van der Waals surface area contributed by atoms with Crippen LogP contribution in [0, 0.1) is 11.3 Å². The fourth-order valence-electron chi connectivity index (χ4n) is 4.39. The average Bonchev–Trinajstić information content (AvgIpc) is 3.50. The third-order valence-electron chi connectivity index (χ3n) is 6.20. The van der Waals surface area contributed by atoms with Crippen molar-refractivity contribution in [1.29, 1.82) is 5.26 Å². The molecule has 1 fully saturated rings. The quantitative estimate of drug-likeness (QED) is 0.421. The second-order valence-corrected chi connectivity index (χ2v) is 8.37. The third kappa shape index (κ3) is 4.12. The van der Waals surface area contributed by atoms with Gasteiger partial charge in [0.1, 0.15) is 11.9 Å². The summed E-state index contributed by atoms with van der Waals surface area (Å²) in [5.41, 5.74) is 5.03. The summed E-state index contributed by atoms with van der Waals surface area (Å²) in [6, 6.07) is 8.37. The van der Waals surface area contributed by atoms with Gasteiger partial charge in [-0.25, -0.2) is 9.50 Å². The van der Waals surface area contributed by atoms with Crippen molar-refractivity contribution in [1.82, 2.24) is 34.6 Å². The van der Waals surface area contributed by atoms with E-state index in [-0.39, 0.29) is 0 Å². The van der Waals surface area contributed by atoms with Gasteiger partial charge >= 0.3 is 0 Å². The van der Waals surface area contributed by atoms with Gasteiger partial charge < -0.3 is 10.0 Å². The number of aliphatic hydroxyl groups is 1. The van der Waals surface area contributed by atoms with E-state index >= 15 is 0 Å². The number of rotatable bonds is 6. The van der Waals surface area contributed by atoms with Gasteiger partial charge in [-0.3, -0.25) is 14.9 Å². The molecule has 0 aliphatic carbocycles. The van der Waals surface area contributed by atoms with Gasteiger partial charge in [0, 0.05) is 74.1 Å². The first kappa shape index (κ1) is 22.0. The first-order valence-electron chi connectivity index (χ1n) is 11.3. The lowest BCUT2D eigenvalue weighted by molar-refractivity contribution is -0.0236. The number of nitrogens with zero attached hydrogens (tertiary/aromatic N) is 8. The predicted octanol–water partition coefficient (Wildman–Crippen LogP) is 1.68. The van der Waals surface area contributed by atoms with Crippen molar-refractivity contribution >= 4 is 11.3 Å². The minimum Gasteiger partial charge on any atom is -0.365 e. The molecular weight excluding hydrogens is 430 g/mol. The van der Waals surface area contributed by atoms with Gasteiger partial charge in [-0.05, 0) is 24.7 Å². The molecule has 4 aromatic heterocycles. The molecule has 1 saturated heterocycles. The maximum absolute atomic E-state index is 10.2. The molecule has 0 radical (unpaired) electrons. The number of aliphatic hydroxyl groups excluding tert-OH is 1. The number of pyridine rings is 2. The van der Waals surface area contributed by atoms with E-state index in [2.05, 4.69) is 32.5 Å². The summed E-state index contributed by atoms with van der Waals surface area (Å²) >= 11 is 0. The second-order valence-electron chi connectivity index (χ2n) is 8.37. The Bertz CT molecular complexity index is 1330. The fourth-order valence-corrected chi connectivity index (χ4v) is 4.39. The lowest BCUT2D eigenvalue weighted by Gasteiger charge is -2.37. The van der Waals surface area contributed by atoms with Crippen LogP contribution in [-0.4, -0.2) is 73.5 Å². The van der Waals surface area contributed by atoms with Crippen LogP contribution >= 0.6 is 0 Å². The van der Waals surface area contributed by atoms with E-state index in [4.69, 9.17) is 4.98 Å². The summed E-state index contributed by atoms with van der Waals surface area (Å²) in [7, 11) is 1.88. The van der Waals surface area contributed by atoms with Crippen LogP contribution in [0.5, 0.6) is 0 Å². The second kappa shape index (κ2) is 9.23. The van der Waals surface area contributed by atoms with Crippen LogP contribution in [0.3, 0.4) is 0 Å². The zero-order valence-corrected chi connectivity index (χ0v) is 19.3. The topological polar surface area (TPSA) is 111 Å². The molecule has 174 valence electrons. The number of anilines is 1. The van der Waals surface area contributed by atoms with Gasteiger partial charge in [0.2, 0.25) is 0 Å². The highest BCUT2D eigenvalue weighted by Crippen LogP contribution is 2.32.